The molecule has 0 fully saturated rings. The second-order valence-electron chi connectivity index (χ2n) is 1.62. The second-order valence-corrected chi connectivity index (χ2v) is 1.62. The van der Waals surface area contributed by atoms with Gasteiger partial charge in [0.25, 0.3) is 0 Å². The summed E-state index contributed by atoms with van der Waals surface area (Å²) in [5, 5.41) is 0. The fourth-order valence-electron chi connectivity index (χ4n) is 0.269. The molecule has 0 aromatic heterocycles. The molecular formula is C7H10. The fraction of sp³-hybridized carbons (Fsp3) is 0.429. The molecule has 0 spiro atoms. The van der Waals surface area contributed by atoms with Gasteiger partial charge in [-0.1, -0.05) is 13.0 Å². The van der Waals surface area contributed by atoms with Crippen molar-refractivity contribution in [2.24, 2.45) is 5.92 Å². The summed E-state index contributed by atoms with van der Waals surface area (Å²) < 4.78 is 0. The Bertz CT molecular complexity index is 84.7. The second kappa shape index (κ2) is 3.49. The molecule has 0 radical (unpaired) electrons. The fourth-order valence-corrected chi connectivity index (χ4v) is 0.269. The third-order valence-corrected chi connectivity index (χ3v) is 0.842. The molecule has 0 saturated carbocycles. The molecule has 0 heteroatoms. The predicted molar refractivity (Wildman–Crippen MR) is 32.8 cm³/mol. The summed E-state index contributed by atoms with van der Waals surface area (Å²) in [7, 11) is 0. The molecule has 0 aliphatic heterocycles. The van der Waals surface area contributed by atoms with Crippen LogP contribution in [0.25, 0.3) is 0 Å². The van der Waals surface area contributed by atoms with E-state index in [1.807, 2.05) is 13.0 Å². The molecule has 0 aliphatic carbocycles. The molecule has 0 N–H and O–H groups in total. The normalized spacial score (nSPS) is 12.0. The maximum atomic E-state index is 5.01. The highest BCUT2D eigenvalue weighted by Crippen LogP contribution is 1.98. The van der Waals surface area contributed by atoms with Crippen LogP contribution in [0, 0.1) is 18.3 Å². The van der Waals surface area contributed by atoms with Crippen molar-refractivity contribution in [3.8, 4) is 12.3 Å². The van der Waals surface area contributed by atoms with E-state index in [0.29, 0.717) is 5.92 Å². The maximum absolute atomic E-state index is 5.01. The van der Waals surface area contributed by atoms with Crippen LogP contribution in [-0.4, -0.2) is 0 Å². The Balaban J connectivity index is 3.21. The molecule has 0 rings (SSSR count). The van der Waals surface area contributed by atoms with E-state index in [9.17, 15) is 0 Å². The van der Waals surface area contributed by atoms with Crippen molar-refractivity contribution in [2.75, 3.05) is 0 Å². The monoisotopic (exact) mass is 94.1 g/mol. The van der Waals surface area contributed by atoms with Crippen molar-refractivity contribution in [1.82, 2.24) is 0 Å². The van der Waals surface area contributed by atoms with E-state index in [2.05, 4.69) is 12.5 Å². The number of hydrogen-bond donors (Lipinski definition) is 0. The van der Waals surface area contributed by atoms with Crippen LogP contribution in [0.4, 0.5) is 0 Å². The maximum Gasteiger partial charge on any atom is 0.0146 e. The van der Waals surface area contributed by atoms with Gasteiger partial charge in [0.1, 0.15) is 0 Å². The quantitative estimate of drug-likeness (QED) is 0.362. The van der Waals surface area contributed by atoms with E-state index < -0.39 is 0 Å². The lowest BCUT2D eigenvalue weighted by Gasteiger charge is -1.93. The summed E-state index contributed by atoms with van der Waals surface area (Å²) in [5.41, 5.74) is 0. The Labute approximate surface area is 45.2 Å². The summed E-state index contributed by atoms with van der Waals surface area (Å²) in [6, 6.07) is 0. The molecule has 0 saturated heterocycles. The van der Waals surface area contributed by atoms with Crippen LogP contribution in [0.3, 0.4) is 0 Å². The van der Waals surface area contributed by atoms with Gasteiger partial charge in [0.05, 0.1) is 0 Å². The van der Waals surface area contributed by atoms with E-state index in [1.165, 1.54) is 0 Å². The van der Waals surface area contributed by atoms with Crippen molar-refractivity contribution in [3.63, 3.8) is 0 Å². The minimum Gasteiger partial charge on any atom is -0.120 e. The number of allylic oxidation sites excluding steroid dienone is 1. The molecule has 0 amide bonds. The van der Waals surface area contributed by atoms with E-state index in [1.54, 1.807) is 0 Å². The van der Waals surface area contributed by atoms with Crippen LogP contribution in [0.2, 0.25) is 0 Å². The zero-order chi connectivity index (χ0) is 5.70. The summed E-state index contributed by atoms with van der Waals surface area (Å²) in [4.78, 5) is 0. The zero-order valence-electron chi connectivity index (χ0n) is 4.65. The van der Waals surface area contributed by atoms with Crippen molar-refractivity contribution in [3.05, 3.63) is 12.7 Å². The summed E-state index contributed by atoms with van der Waals surface area (Å²) >= 11 is 0. The SMILES string of the molecule is C#CCC(C)C=C. The number of hydrogen-bond acceptors (Lipinski definition) is 0. The Hall–Kier alpha value is -0.700. The lowest BCUT2D eigenvalue weighted by molar-refractivity contribution is 0.762. The highest BCUT2D eigenvalue weighted by Gasteiger charge is 1.87. The molecule has 0 aliphatic rings. The van der Waals surface area contributed by atoms with E-state index in [-0.39, 0.29) is 0 Å². The minimum atomic E-state index is 0.477. The molecule has 38 valence electrons. The Morgan fingerprint density at radius 1 is 2.00 bits per heavy atom. The average molecular weight is 94.2 g/mol. The van der Waals surface area contributed by atoms with Gasteiger partial charge in [-0.05, 0) is 5.92 Å². The molecule has 0 bridgehead atoms. The largest absolute Gasteiger partial charge is 0.120 e. The number of terminal acetylenes is 1. The van der Waals surface area contributed by atoms with Crippen LogP contribution in [0.1, 0.15) is 13.3 Å². The first-order valence-electron chi connectivity index (χ1n) is 2.37. The molecular weight excluding hydrogens is 84.1 g/mol. The van der Waals surface area contributed by atoms with Crippen molar-refractivity contribution < 1.29 is 0 Å². The zero-order valence-corrected chi connectivity index (χ0v) is 4.65. The molecule has 1 unspecified atom stereocenters. The molecule has 0 aromatic carbocycles. The van der Waals surface area contributed by atoms with Gasteiger partial charge in [0.2, 0.25) is 0 Å². The first-order valence-corrected chi connectivity index (χ1v) is 2.37. The first kappa shape index (κ1) is 6.30. The predicted octanol–water partition coefficient (Wildman–Crippen LogP) is 1.83. The van der Waals surface area contributed by atoms with Crippen molar-refractivity contribution >= 4 is 0 Å². The first-order chi connectivity index (χ1) is 3.31. The van der Waals surface area contributed by atoms with Crippen molar-refractivity contribution in [2.45, 2.75) is 13.3 Å². The molecule has 1 atom stereocenters. The Kier molecular flexibility index (Phi) is 3.14. The van der Waals surface area contributed by atoms with Crippen LogP contribution in [0.5, 0.6) is 0 Å². The summed E-state index contributed by atoms with van der Waals surface area (Å²) in [6.07, 6.45) is 7.68. The van der Waals surface area contributed by atoms with Gasteiger partial charge in [-0.15, -0.1) is 18.9 Å². The van der Waals surface area contributed by atoms with Gasteiger partial charge in [0, 0.05) is 6.42 Å². The van der Waals surface area contributed by atoms with E-state index in [4.69, 9.17) is 6.42 Å². The van der Waals surface area contributed by atoms with Gasteiger partial charge in [-0.25, -0.2) is 0 Å². The topological polar surface area (TPSA) is 0 Å². The van der Waals surface area contributed by atoms with Crippen LogP contribution >= 0.6 is 0 Å². The minimum absolute atomic E-state index is 0.477. The lowest BCUT2D eigenvalue weighted by Crippen LogP contribution is -1.82. The van der Waals surface area contributed by atoms with Gasteiger partial charge in [-0.3, -0.25) is 0 Å². The summed E-state index contributed by atoms with van der Waals surface area (Å²) in [6.45, 7) is 5.63. The van der Waals surface area contributed by atoms with Crippen LogP contribution < -0.4 is 0 Å². The van der Waals surface area contributed by atoms with Gasteiger partial charge in [0.15, 0.2) is 0 Å². The van der Waals surface area contributed by atoms with E-state index in [0.717, 1.165) is 6.42 Å². The molecule has 0 aromatic rings. The van der Waals surface area contributed by atoms with Crippen LogP contribution in [-0.2, 0) is 0 Å². The number of rotatable bonds is 2. The van der Waals surface area contributed by atoms with Crippen LogP contribution in [0.15, 0.2) is 12.7 Å². The standard InChI is InChI=1S/C7H10/c1-4-6-7(3)5-2/h1,5,7H,2,6H2,3H3. The Morgan fingerprint density at radius 2 is 2.57 bits per heavy atom. The summed E-state index contributed by atoms with van der Waals surface area (Å²) in [5.74, 6) is 3.02. The van der Waals surface area contributed by atoms with Gasteiger partial charge in [-0.2, -0.15) is 0 Å². The Morgan fingerprint density at radius 3 is 2.71 bits per heavy atom. The molecule has 0 nitrogen and oxygen atoms in total. The molecule has 0 heterocycles. The lowest BCUT2D eigenvalue weighted by atomic mass is 10.1. The average Bonchev–Trinajstić information content (AvgIpc) is 1.68. The smallest absolute Gasteiger partial charge is 0.0146 e. The van der Waals surface area contributed by atoms with E-state index >= 15 is 0 Å². The van der Waals surface area contributed by atoms with Gasteiger partial charge >= 0.3 is 0 Å². The third kappa shape index (κ3) is 3.12. The molecule has 7 heavy (non-hydrogen) atoms. The van der Waals surface area contributed by atoms with Gasteiger partial charge < -0.3 is 0 Å². The highest BCUT2D eigenvalue weighted by atomic mass is 13.9. The van der Waals surface area contributed by atoms with Crippen molar-refractivity contribution in [1.29, 1.82) is 0 Å². The third-order valence-electron chi connectivity index (χ3n) is 0.842. The highest BCUT2D eigenvalue weighted by molar-refractivity contribution is 4.90.